The van der Waals surface area contributed by atoms with Crippen molar-refractivity contribution in [3.8, 4) is 0 Å². The molecular formula is C16H27+. The fourth-order valence-electron chi connectivity index (χ4n) is 5.13. The number of fused-ring (bicyclic) bond motifs is 1. The Morgan fingerprint density at radius 1 is 1.06 bits per heavy atom. The summed E-state index contributed by atoms with van der Waals surface area (Å²) in [6.07, 6.45) is 7.37. The summed E-state index contributed by atoms with van der Waals surface area (Å²) >= 11 is 0. The van der Waals surface area contributed by atoms with Gasteiger partial charge < -0.3 is 0 Å². The fraction of sp³-hybridized carbons (Fsp3) is 0.938. The lowest BCUT2D eigenvalue weighted by Gasteiger charge is -2.32. The average Bonchev–Trinajstić information content (AvgIpc) is 3.09. The van der Waals surface area contributed by atoms with Gasteiger partial charge in [0.15, 0.2) is 0 Å². The molecule has 16 heavy (non-hydrogen) atoms. The van der Waals surface area contributed by atoms with Crippen LogP contribution < -0.4 is 0 Å². The van der Waals surface area contributed by atoms with E-state index in [1.165, 1.54) is 19.3 Å². The van der Waals surface area contributed by atoms with Crippen molar-refractivity contribution < 1.29 is 0 Å². The summed E-state index contributed by atoms with van der Waals surface area (Å²) in [5, 5.41) is 0. The summed E-state index contributed by atoms with van der Waals surface area (Å²) in [6, 6.07) is 0. The molecule has 0 saturated heterocycles. The standard InChI is InChI=1S/C16H27/c1-5-16(6-2,15-7-10(15)3)12-8-13-11(4)14(13)9-12/h10-14H,5-9H2,1-4H3/q+1. The van der Waals surface area contributed by atoms with E-state index in [4.69, 9.17) is 0 Å². The molecule has 3 rings (SSSR count). The van der Waals surface area contributed by atoms with Gasteiger partial charge in [-0.1, -0.05) is 20.8 Å². The van der Waals surface area contributed by atoms with E-state index >= 15 is 0 Å². The van der Waals surface area contributed by atoms with Crippen LogP contribution >= 0.6 is 0 Å². The molecule has 0 nitrogen and oxygen atoms in total. The maximum absolute atomic E-state index is 2.47. The quantitative estimate of drug-likeness (QED) is 0.601. The van der Waals surface area contributed by atoms with Gasteiger partial charge >= 0.3 is 0 Å². The first-order valence-electron chi connectivity index (χ1n) is 7.50. The highest BCUT2D eigenvalue weighted by Gasteiger charge is 2.68. The van der Waals surface area contributed by atoms with Crippen LogP contribution in [0.2, 0.25) is 0 Å². The Bertz CT molecular complexity index is 264. The molecule has 0 radical (unpaired) electrons. The second kappa shape index (κ2) is 3.43. The summed E-state index contributed by atoms with van der Waals surface area (Å²) in [4.78, 5) is 0. The van der Waals surface area contributed by atoms with Gasteiger partial charge in [0.25, 0.3) is 0 Å². The highest BCUT2D eigenvalue weighted by atomic mass is 14.7. The maximum atomic E-state index is 2.47. The minimum atomic E-state index is 0.659. The van der Waals surface area contributed by atoms with Crippen LogP contribution in [0.25, 0.3) is 0 Å². The molecule has 3 saturated carbocycles. The maximum Gasteiger partial charge on any atom is 0.138 e. The molecule has 0 amide bonds. The van der Waals surface area contributed by atoms with Crippen LogP contribution in [0, 0.1) is 40.9 Å². The SMILES string of the molecule is CCC(CC)([C+]1CC1C)C1CC2C(C)C2C1. The third-order valence-corrected chi connectivity index (χ3v) is 6.52. The Morgan fingerprint density at radius 3 is 1.94 bits per heavy atom. The Labute approximate surface area is 101 Å². The van der Waals surface area contributed by atoms with Crippen LogP contribution in [-0.4, -0.2) is 0 Å². The van der Waals surface area contributed by atoms with Crippen molar-refractivity contribution in [3.63, 3.8) is 0 Å². The van der Waals surface area contributed by atoms with E-state index in [0.717, 1.165) is 29.6 Å². The third kappa shape index (κ3) is 1.31. The zero-order valence-electron chi connectivity index (χ0n) is 11.4. The van der Waals surface area contributed by atoms with Crippen molar-refractivity contribution in [1.82, 2.24) is 0 Å². The average molecular weight is 219 g/mol. The first-order valence-corrected chi connectivity index (χ1v) is 7.50. The fourth-order valence-corrected chi connectivity index (χ4v) is 5.13. The third-order valence-electron chi connectivity index (χ3n) is 6.52. The van der Waals surface area contributed by atoms with Crippen molar-refractivity contribution >= 4 is 0 Å². The lowest BCUT2D eigenvalue weighted by Crippen LogP contribution is -2.31. The molecule has 90 valence electrons. The van der Waals surface area contributed by atoms with Crippen molar-refractivity contribution in [2.75, 3.05) is 0 Å². The topological polar surface area (TPSA) is 0 Å². The van der Waals surface area contributed by atoms with Crippen LogP contribution in [0.15, 0.2) is 0 Å². The molecule has 3 aliphatic carbocycles. The van der Waals surface area contributed by atoms with E-state index in [1.807, 2.05) is 5.92 Å². The first-order chi connectivity index (χ1) is 7.64. The van der Waals surface area contributed by atoms with Gasteiger partial charge in [-0.15, -0.1) is 0 Å². The van der Waals surface area contributed by atoms with Gasteiger partial charge in [0.1, 0.15) is 23.7 Å². The van der Waals surface area contributed by atoms with Gasteiger partial charge in [0.2, 0.25) is 0 Å². The minimum absolute atomic E-state index is 0.659. The van der Waals surface area contributed by atoms with Gasteiger partial charge in [-0.2, -0.15) is 0 Å². The lowest BCUT2D eigenvalue weighted by atomic mass is 9.65. The highest BCUT2D eigenvalue weighted by Crippen LogP contribution is 2.69. The zero-order chi connectivity index (χ0) is 11.5. The molecule has 3 aliphatic rings. The molecule has 0 aromatic rings. The van der Waals surface area contributed by atoms with Crippen molar-refractivity contribution in [2.45, 2.75) is 59.8 Å². The van der Waals surface area contributed by atoms with E-state index in [1.54, 1.807) is 12.8 Å². The predicted octanol–water partition coefficient (Wildman–Crippen LogP) is 4.70. The highest BCUT2D eigenvalue weighted by molar-refractivity contribution is 5.25. The number of hydrogen-bond acceptors (Lipinski definition) is 0. The number of hydrogen-bond donors (Lipinski definition) is 0. The van der Waals surface area contributed by atoms with Crippen molar-refractivity contribution in [1.29, 1.82) is 0 Å². The molecule has 0 aromatic heterocycles. The molecule has 0 aliphatic heterocycles. The van der Waals surface area contributed by atoms with Gasteiger partial charge in [-0.25, -0.2) is 0 Å². The van der Waals surface area contributed by atoms with Crippen molar-refractivity contribution in [2.24, 2.45) is 35.0 Å². The van der Waals surface area contributed by atoms with E-state index in [2.05, 4.69) is 27.7 Å². The summed E-state index contributed by atoms with van der Waals surface area (Å²) in [6.45, 7) is 9.79. The Morgan fingerprint density at radius 2 is 1.56 bits per heavy atom. The van der Waals surface area contributed by atoms with Crippen LogP contribution in [0.4, 0.5) is 0 Å². The second-order valence-electron chi connectivity index (χ2n) is 6.85. The molecule has 3 atom stereocenters. The molecular weight excluding hydrogens is 192 g/mol. The molecule has 0 heteroatoms. The van der Waals surface area contributed by atoms with Crippen LogP contribution in [0.3, 0.4) is 0 Å². The molecule has 3 unspecified atom stereocenters. The van der Waals surface area contributed by atoms with Crippen molar-refractivity contribution in [3.05, 3.63) is 5.92 Å². The van der Waals surface area contributed by atoms with Crippen LogP contribution in [0.5, 0.6) is 0 Å². The molecule has 0 N–H and O–H groups in total. The molecule has 3 fully saturated rings. The van der Waals surface area contributed by atoms with Gasteiger partial charge in [-0.05, 0) is 50.4 Å². The molecule has 0 aromatic carbocycles. The van der Waals surface area contributed by atoms with E-state index < -0.39 is 0 Å². The normalized spacial score (nSPS) is 45.8. The summed E-state index contributed by atoms with van der Waals surface area (Å²) in [5.74, 6) is 7.26. The monoisotopic (exact) mass is 219 g/mol. The first kappa shape index (κ1) is 11.0. The molecule has 0 heterocycles. The van der Waals surface area contributed by atoms with Crippen LogP contribution in [0.1, 0.15) is 59.8 Å². The van der Waals surface area contributed by atoms with Crippen LogP contribution in [-0.2, 0) is 0 Å². The lowest BCUT2D eigenvalue weighted by molar-refractivity contribution is 0.159. The molecule has 0 bridgehead atoms. The summed E-state index contributed by atoms with van der Waals surface area (Å²) < 4.78 is 0. The second-order valence-corrected chi connectivity index (χ2v) is 6.85. The van der Waals surface area contributed by atoms with Gasteiger partial charge in [-0.3, -0.25) is 0 Å². The number of rotatable bonds is 4. The largest absolute Gasteiger partial charge is 0.138 e. The Balaban J connectivity index is 1.74. The van der Waals surface area contributed by atoms with Gasteiger partial charge in [0, 0.05) is 5.92 Å². The van der Waals surface area contributed by atoms with E-state index in [0.29, 0.717) is 5.41 Å². The van der Waals surface area contributed by atoms with E-state index in [-0.39, 0.29) is 0 Å². The van der Waals surface area contributed by atoms with Gasteiger partial charge in [0.05, 0.1) is 0 Å². The smallest absolute Gasteiger partial charge is 0.0620 e. The summed E-state index contributed by atoms with van der Waals surface area (Å²) in [5.41, 5.74) is 0.659. The Hall–Kier alpha value is -0.130. The molecule has 0 spiro atoms. The predicted molar refractivity (Wildman–Crippen MR) is 68.9 cm³/mol. The minimum Gasteiger partial charge on any atom is -0.0620 e. The Kier molecular flexibility index (Phi) is 2.36. The summed E-state index contributed by atoms with van der Waals surface area (Å²) in [7, 11) is 0. The zero-order valence-corrected chi connectivity index (χ0v) is 11.4. The van der Waals surface area contributed by atoms with E-state index in [9.17, 15) is 0 Å².